The summed E-state index contributed by atoms with van der Waals surface area (Å²) in [6.45, 7) is 6.44. The van der Waals surface area contributed by atoms with E-state index in [2.05, 4.69) is 24.5 Å². The molecule has 0 fully saturated rings. The number of carbonyl (C=O) groups excluding carboxylic acids is 1. The summed E-state index contributed by atoms with van der Waals surface area (Å²) in [7, 11) is -0.937. The number of carboxylic acid groups (broad SMARTS) is 1. The zero-order chi connectivity index (χ0) is 16.4. The van der Waals surface area contributed by atoms with Crippen molar-refractivity contribution in [3.8, 4) is 0 Å². The summed E-state index contributed by atoms with van der Waals surface area (Å²) < 4.78 is 11.0. The van der Waals surface area contributed by atoms with Gasteiger partial charge < -0.3 is 15.7 Å². The van der Waals surface area contributed by atoms with Crippen molar-refractivity contribution in [1.29, 1.82) is 0 Å². The highest BCUT2D eigenvalue weighted by Crippen LogP contribution is 2.20. The lowest BCUT2D eigenvalue weighted by atomic mass is 9.88. The Morgan fingerprint density at radius 3 is 2.29 bits per heavy atom. The molecular weight excluding hydrogens is 292 g/mol. The van der Waals surface area contributed by atoms with Gasteiger partial charge in [-0.3, -0.25) is 9.00 Å². The van der Waals surface area contributed by atoms with Gasteiger partial charge in [-0.25, -0.2) is 4.79 Å². The fourth-order valence-corrected chi connectivity index (χ4v) is 2.95. The molecule has 3 N–H and O–H groups in total. The smallest absolute Gasteiger partial charge is 0.315 e. The molecule has 0 radical (unpaired) electrons. The Kier molecular flexibility index (Phi) is 10.0. The molecule has 0 saturated carbocycles. The third-order valence-electron chi connectivity index (χ3n) is 3.33. The third-order valence-corrected chi connectivity index (χ3v) is 4.30. The molecular formula is C14H28N2O4S. The Hall–Kier alpha value is -1.11. The summed E-state index contributed by atoms with van der Waals surface area (Å²) in [5, 5.41) is 14.2. The molecule has 0 aromatic carbocycles. The summed E-state index contributed by atoms with van der Waals surface area (Å²) in [5.74, 6) is 0.311. The van der Waals surface area contributed by atoms with Crippen LogP contribution in [0.5, 0.6) is 0 Å². The predicted octanol–water partition coefficient (Wildman–Crippen LogP) is 1.58. The van der Waals surface area contributed by atoms with E-state index in [4.69, 9.17) is 5.11 Å². The number of rotatable bonds is 10. The molecule has 0 bridgehead atoms. The first-order valence-electron chi connectivity index (χ1n) is 7.28. The van der Waals surface area contributed by atoms with Crippen LogP contribution in [0, 0.1) is 11.8 Å². The number of urea groups is 1. The molecule has 0 aliphatic heterocycles. The highest BCUT2D eigenvalue weighted by molar-refractivity contribution is 7.84. The highest BCUT2D eigenvalue weighted by Gasteiger charge is 2.15. The number of hydrogen-bond donors (Lipinski definition) is 3. The Labute approximate surface area is 129 Å². The second-order valence-corrected chi connectivity index (χ2v) is 7.25. The third kappa shape index (κ3) is 11.2. The average Bonchev–Trinajstić information content (AvgIpc) is 2.31. The van der Waals surface area contributed by atoms with E-state index >= 15 is 0 Å². The summed E-state index contributed by atoms with van der Waals surface area (Å²) in [5.41, 5.74) is 0. The Balaban J connectivity index is 3.99. The number of carboxylic acids is 1. The van der Waals surface area contributed by atoms with Crippen molar-refractivity contribution in [3.05, 3.63) is 0 Å². The van der Waals surface area contributed by atoms with Crippen LogP contribution in [0.25, 0.3) is 0 Å². The minimum absolute atomic E-state index is 0.135. The van der Waals surface area contributed by atoms with Gasteiger partial charge in [-0.15, -0.1) is 0 Å². The standard InChI is InChI=1S/C14H28N2O4S/c1-10(2)12(5-6-13(17)18)7-8-15-14(19)16-11(3)9-21(4)20/h10-12H,5-9H2,1-4H3,(H,17,18)(H2,15,16,19). The van der Waals surface area contributed by atoms with Crippen LogP contribution >= 0.6 is 0 Å². The van der Waals surface area contributed by atoms with Gasteiger partial charge in [0.2, 0.25) is 0 Å². The van der Waals surface area contributed by atoms with Crippen molar-refractivity contribution in [1.82, 2.24) is 10.6 Å². The van der Waals surface area contributed by atoms with Gasteiger partial charge in [0.25, 0.3) is 0 Å². The molecule has 124 valence electrons. The van der Waals surface area contributed by atoms with Gasteiger partial charge >= 0.3 is 12.0 Å². The summed E-state index contributed by atoms with van der Waals surface area (Å²) in [6, 6.07) is -0.405. The van der Waals surface area contributed by atoms with Crippen molar-refractivity contribution in [3.63, 3.8) is 0 Å². The monoisotopic (exact) mass is 320 g/mol. The van der Waals surface area contributed by atoms with Crippen molar-refractivity contribution in [2.45, 2.75) is 46.1 Å². The number of amides is 2. The first-order chi connectivity index (χ1) is 9.72. The molecule has 0 spiro atoms. The first kappa shape index (κ1) is 19.9. The van der Waals surface area contributed by atoms with Crippen molar-refractivity contribution in [2.24, 2.45) is 11.8 Å². The van der Waals surface area contributed by atoms with Crippen LogP contribution in [0.2, 0.25) is 0 Å². The van der Waals surface area contributed by atoms with Crippen molar-refractivity contribution >= 4 is 22.8 Å². The SMILES string of the molecule is CC(CS(C)=O)NC(=O)NCCC(CCC(=O)O)C(C)C. The van der Waals surface area contributed by atoms with Gasteiger partial charge in [0.05, 0.1) is 0 Å². The highest BCUT2D eigenvalue weighted by atomic mass is 32.2. The zero-order valence-electron chi connectivity index (χ0n) is 13.3. The van der Waals surface area contributed by atoms with Crippen molar-refractivity contribution < 1.29 is 18.9 Å². The van der Waals surface area contributed by atoms with Crippen LogP contribution < -0.4 is 10.6 Å². The van der Waals surface area contributed by atoms with Crippen molar-refractivity contribution in [2.75, 3.05) is 18.6 Å². The van der Waals surface area contributed by atoms with Crippen LogP contribution in [-0.2, 0) is 15.6 Å². The molecule has 0 rings (SSSR count). The molecule has 3 unspecified atom stereocenters. The zero-order valence-corrected chi connectivity index (χ0v) is 14.2. The number of carbonyl (C=O) groups is 2. The molecule has 21 heavy (non-hydrogen) atoms. The Morgan fingerprint density at radius 1 is 1.19 bits per heavy atom. The molecule has 0 heterocycles. The average molecular weight is 320 g/mol. The molecule has 3 atom stereocenters. The van der Waals surface area contributed by atoms with Gasteiger partial charge in [0.15, 0.2) is 0 Å². The Bertz CT molecular complexity index is 361. The van der Waals surface area contributed by atoms with E-state index in [-0.39, 0.29) is 24.4 Å². The van der Waals surface area contributed by atoms with Crippen LogP contribution in [0.1, 0.15) is 40.0 Å². The lowest BCUT2D eigenvalue weighted by molar-refractivity contribution is -0.137. The Morgan fingerprint density at radius 2 is 1.81 bits per heavy atom. The molecule has 7 heteroatoms. The van der Waals surface area contributed by atoms with E-state index in [0.29, 0.717) is 24.6 Å². The van der Waals surface area contributed by atoms with Gasteiger partial charge in [0.1, 0.15) is 0 Å². The van der Waals surface area contributed by atoms with E-state index in [1.807, 2.05) is 6.92 Å². The lowest BCUT2D eigenvalue weighted by Crippen LogP contribution is -2.43. The summed E-state index contributed by atoms with van der Waals surface area (Å²) >= 11 is 0. The molecule has 0 aliphatic rings. The van der Waals surface area contributed by atoms with Crippen LogP contribution in [0.3, 0.4) is 0 Å². The maximum Gasteiger partial charge on any atom is 0.315 e. The maximum atomic E-state index is 11.6. The molecule has 0 aromatic heterocycles. The molecule has 6 nitrogen and oxygen atoms in total. The van der Waals surface area contributed by atoms with Crippen LogP contribution in [0.15, 0.2) is 0 Å². The van der Waals surface area contributed by atoms with E-state index in [1.54, 1.807) is 6.26 Å². The summed E-state index contributed by atoms with van der Waals surface area (Å²) in [6.07, 6.45) is 3.15. The quantitative estimate of drug-likeness (QED) is 0.569. The minimum Gasteiger partial charge on any atom is -0.481 e. The molecule has 2 amide bonds. The van der Waals surface area contributed by atoms with Gasteiger partial charge in [-0.05, 0) is 31.6 Å². The molecule has 0 aliphatic carbocycles. The second kappa shape index (κ2) is 10.6. The summed E-state index contributed by atoms with van der Waals surface area (Å²) in [4.78, 5) is 22.3. The van der Waals surface area contributed by atoms with E-state index in [9.17, 15) is 13.8 Å². The topological polar surface area (TPSA) is 95.5 Å². The van der Waals surface area contributed by atoms with Crippen LogP contribution in [0.4, 0.5) is 4.79 Å². The number of aliphatic carboxylic acids is 1. The van der Waals surface area contributed by atoms with E-state index < -0.39 is 16.8 Å². The van der Waals surface area contributed by atoms with E-state index in [0.717, 1.165) is 6.42 Å². The molecule has 0 aromatic rings. The van der Waals surface area contributed by atoms with E-state index in [1.165, 1.54) is 0 Å². The normalized spacial score (nSPS) is 15.3. The van der Waals surface area contributed by atoms with Gasteiger partial charge in [0, 0.05) is 41.8 Å². The largest absolute Gasteiger partial charge is 0.481 e. The first-order valence-corrected chi connectivity index (χ1v) is 9.01. The predicted molar refractivity (Wildman–Crippen MR) is 84.7 cm³/mol. The maximum absolute atomic E-state index is 11.6. The fraction of sp³-hybridized carbons (Fsp3) is 0.857. The molecule has 0 saturated heterocycles. The minimum atomic E-state index is -0.937. The van der Waals surface area contributed by atoms with Gasteiger partial charge in [-0.1, -0.05) is 13.8 Å². The van der Waals surface area contributed by atoms with Crippen LogP contribution in [-0.4, -0.2) is 45.9 Å². The number of hydrogen-bond acceptors (Lipinski definition) is 3. The lowest BCUT2D eigenvalue weighted by Gasteiger charge is -2.20. The fourth-order valence-electron chi connectivity index (χ4n) is 2.16. The second-order valence-electron chi connectivity index (χ2n) is 5.77. The van der Waals surface area contributed by atoms with Gasteiger partial charge in [-0.2, -0.15) is 0 Å². The number of nitrogens with one attached hydrogen (secondary N) is 2.